The molecule has 0 atom stereocenters. The van der Waals surface area contributed by atoms with Crippen molar-refractivity contribution in [2.24, 2.45) is 0 Å². The lowest BCUT2D eigenvalue weighted by Gasteiger charge is -2.22. The molecule has 0 aromatic heterocycles. The van der Waals surface area contributed by atoms with Gasteiger partial charge < -0.3 is 0 Å². The monoisotopic (exact) mass is 473 g/mol. The van der Waals surface area contributed by atoms with E-state index in [9.17, 15) is 19.7 Å². The number of non-ortho nitro benzene ring substituents is 1. The smallest absolute Gasteiger partial charge is 0.269 e. The van der Waals surface area contributed by atoms with Gasteiger partial charge in [-0.2, -0.15) is 0 Å². The van der Waals surface area contributed by atoms with Crippen molar-refractivity contribution >= 4 is 44.8 Å². The van der Waals surface area contributed by atoms with Gasteiger partial charge in [0.05, 0.1) is 10.5 Å². The van der Waals surface area contributed by atoms with E-state index in [0.29, 0.717) is 11.1 Å². The topological polar surface area (TPSA) is 77.3 Å². The molecular weight excluding hydrogens is 458 g/mol. The number of rotatable bonds is 5. The van der Waals surface area contributed by atoms with Crippen LogP contribution in [0.4, 0.5) is 5.69 Å². The molecule has 31 heavy (non-hydrogen) atoms. The van der Waals surface area contributed by atoms with E-state index in [-0.39, 0.29) is 23.5 Å². The zero-order valence-corrected chi connectivity index (χ0v) is 17.8. The maximum absolute atomic E-state index is 13.2. The van der Waals surface area contributed by atoms with E-state index >= 15 is 0 Å². The van der Waals surface area contributed by atoms with Gasteiger partial charge in [-0.3, -0.25) is 19.7 Å². The third-order valence-corrected chi connectivity index (χ3v) is 5.55. The Kier molecular flexibility index (Phi) is 5.73. The number of hydrogen-bond acceptors (Lipinski definition) is 4. The van der Waals surface area contributed by atoms with E-state index < -0.39 is 10.7 Å². The quantitative estimate of drug-likeness (QED) is 0.210. The van der Waals surface area contributed by atoms with Gasteiger partial charge in [0.25, 0.3) is 5.69 Å². The number of nitrogens with zero attached hydrogens (tertiary/aromatic N) is 1. The minimum atomic E-state index is -0.480. The molecule has 0 spiro atoms. The van der Waals surface area contributed by atoms with Gasteiger partial charge in [-0.1, -0.05) is 58.4 Å². The summed E-state index contributed by atoms with van der Waals surface area (Å²) in [6, 6.07) is 21.0. The Hall–Kier alpha value is -3.64. The molecule has 0 amide bonds. The summed E-state index contributed by atoms with van der Waals surface area (Å²) in [5.41, 5.74) is 3.90. The Morgan fingerprint density at radius 1 is 1.00 bits per heavy atom. The van der Waals surface area contributed by atoms with Crippen LogP contribution in [0.2, 0.25) is 0 Å². The molecule has 3 aromatic carbocycles. The van der Waals surface area contributed by atoms with E-state index in [1.807, 2.05) is 48.5 Å². The number of allylic oxidation sites excluding steroid dienone is 2. The fraction of sp³-hybridized carbons (Fsp3) is 0.0400. The van der Waals surface area contributed by atoms with E-state index in [0.717, 1.165) is 21.2 Å². The minimum absolute atomic E-state index is 0.0257. The maximum atomic E-state index is 13.2. The molecule has 5 nitrogen and oxygen atoms in total. The second kappa shape index (κ2) is 8.62. The van der Waals surface area contributed by atoms with E-state index in [1.54, 1.807) is 18.2 Å². The normalized spacial score (nSPS) is 13.4. The summed E-state index contributed by atoms with van der Waals surface area (Å²) in [7, 11) is 0. The first-order valence-corrected chi connectivity index (χ1v) is 10.3. The fourth-order valence-corrected chi connectivity index (χ4v) is 3.96. The maximum Gasteiger partial charge on any atom is 0.269 e. The second-order valence-corrected chi connectivity index (χ2v) is 7.98. The number of hydrogen-bond donors (Lipinski definition) is 0. The predicted molar refractivity (Wildman–Crippen MR) is 122 cm³/mol. The summed E-state index contributed by atoms with van der Waals surface area (Å²) >= 11 is 3.49. The first-order valence-electron chi connectivity index (χ1n) is 9.52. The molecule has 1 aliphatic rings. The van der Waals surface area contributed by atoms with Crippen molar-refractivity contribution in [2.45, 2.75) is 6.42 Å². The van der Waals surface area contributed by atoms with Gasteiger partial charge in [0.1, 0.15) is 0 Å². The largest absolute Gasteiger partial charge is 0.294 e. The summed E-state index contributed by atoms with van der Waals surface area (Å²) in [6.07, 6.45) is 3.07. The zero-order chi connectivity index (χ0) is 22.0. The molecule has 0 aliphatic heterocycles. The second-order valence-electron chi connectivity index (χ2n) is 7.06. The molecule has 0 radical (unpaired) electrons. The van der Waals surface area contributed by atoms with Gasteiger partial charge >= 0.3 is 0 Å². The molecule has 3 aromatic rings. The number of nitro benzene ring substituents is 1. The molecular formula is C25H16BrNO4. The van der Waals surface area contributed by atoms with Gasteiger partial charge in [-0.15, -0.1) is 0 Å². The highest BCUT2D eigenvalue weighted by Crippen LogP contribution is 2.36. The first-order chi connectivity index (χ1) is 14.9. The highest BCUT2D eigenvalue weighted by Gasteiger charge is 2.29. The molecule has 0 heterocycles. The Morgan fingerprint density at radius 3 is 2.39 bits per heavy atom. The average molecular weight is 474 g/mol. The molecule has 0 fully saturated rings. The molecule has 0 saturated heterocycles. The van der Waals surface area contributed by atoms with Crippen molar-refractivity contribution in [3.8, 4) is 0 Å². The third-order valence-electron chi connectivity index (χ3n) is 5.06. The van der Waals surface area contributed by atoms with Crippen LogP contribution in [0.15, 0.2) is 88.9 Å². The van der Waals surface area contributed by atoms with Crippen LogP contribution >= 0.6 is 15.9 Å². The van der Waals surface area contributed by atoms with Crippen LogP contribution in [0.3, 0.4) is 0 Å². The lowest BCUT2D eigenvalue weighted by Crippen LogP contribution is -2.21. The highest BCUT2D eigenvalue weighted by atomic mass is 79.9. The molecule has 6 heteroatoms. The summed E-state index contributed by atoms with van der Waals surface area (Å²) < 4.78 is 0.863. The minimum Gasteiger partial charge on any atom is -0.294 e. The lowest BCUT2D eigenvalue weighted by molar-refractivity contribution is -0.384. The highest BCUT2D eigenvalue weighted by molar-refractivity contribution is 9.10. The number of ketones is 2. The van der Waals surface area contributed by atoms with Crippen molar-refractivity contribution in [1.82, 2.24) is 0 Å². The molecule has 4 rings (SSSR count). The number of fused-ring (bicyclic) bond motifs is 1. The molecule has 1 aliphatic carbocycles. The zero-order valence-electron chi connectivity index (χ0n) is 16.2. The van der Waals surface area contributed by atoms with E-state index in [1.165, 1.54) is 18.2 Å². The van der Waals surface area contributed by atoms with Gasteiger partial charge in [-0.25, -0.2) is 0 Å². The molecule has 0 saturated carbocycles. The van der Waals surface area contributed by atoms with Crippen molar-refractivity contribution < 1.29 is 14.5 Å². The SMILES string of the molecule is O=C(C=Cc1ccc([N+](=O)[O-])cc1)C1=C(c2ccccc2)c2cc(Br)ccc2CC1=O. The van der Waals surface area contributed by atoms with Crippen LogP contribution < -0.4 is 0 Å². The Balaban J connectivity index is 1.79. The Bertz CT molecular complexity index is 1260. The average Bonchev–Trinajstić information content (AvgIpc) is 2.77. The van der Waals surface area contributed by atoms with Crippen LogP contribution in [0.1, 0.15) is 22.3 Å². The van der Waals surface area contributed by atoms with Crippen LogP contribution in [0, 0.1) is 10.1 Å². The number of carbonyl (C=O) groups is 2. The predicted octanol–water partition coefficient (Wildman–Crippen LogP) is 5.57. The van der Waals surface area contributed by atoms with Crippen LogP contribution in [0.25, 0.3) is 11.6 Å². The van der Waals surface area contributed by atoms with Crippen molar-refractivity contribution in [1.29, 1.82) is 0 Å². The Morgan fingerprint density at radius 2 is 1.71 bits per heavy atom. The standard InChI is InChI=1S/C25H16BrNO4/c26-19-10-9-18-14-23(29)25(24(21(18)15-19)17-4-2-1-3-5-17)22(28)13-8-16-6-11-20(12-7-16)27(30)31/h1-13,15H,14H2. The van der Waals surface area contributed by atoms with E-state index in [4.69, 9.17) is 0 Å². The van der Waals surface area contributed by atoms with Crippen molar-refractivity contribution in [2.75, 3.05) is 0 Å². The number of halogens is 1. The van der Waals surface area contributed by atoms with Crippen molar-refractivity contribution in [3.63, 3.8) is 0 Å². The summed E-state index contributed by atoms with van der Waals surface area (Å²) in [6.45, 7) is 0. The number of nitro groups is 1. The van der Waals surface area contributed by atoms with Gasteiger partial charge in [0, 0.05) is 28.6 Å². The summed E-state index contributed by atoms with van der Waals surface area (Å²) in [5.74, 6) is -0.625. The summed E-state index contributed by atoms with van der Waals surface area (Å²) in [5, 5.41) is 10.8. The first kappa shape index (κ1) is 20.6. The summed E-state index contributed by atoms with van der Waals surface area (Å²) in [4.78, 5) is 36.5. The third kappa shape index (κ3) is 4.29. The van der Waals surface area contributed by atoms with Gasteiger partial charge in [0.2, 0.25) is 0 Å². The van der Waals surface area contributed by atoms with Crippen LogP contribution in [0.5, 0.6) is 0 Å². The van der Waals surface area contributed by atoms with Gasteiger partial charge in [0.15, 0.2) is 11.6 Å². The van der Waals surface area contributed by atoms with Crippen molar-refractivity contribution in [3.05, 3.63) is 121 Å². The molecule has 0 N–H and O–H groups in total. The van der Waals surface area contributed by atoms with Crippen LogP contribution in [-0.2, 0) is 16.0 Å². The fourth-order valence-electron chi connectivity index (χ4n) is 3.60. The number of Topliss-reactive ketones (excluding diaryl/α,β-unsaturated/α-hetero) is 1. The Labute approximate surface area is 187 Å². The molecule has 0 bridgehead atoms. The van der Waals surface area contributed by atoms with Crippen LogP contribution in [-0.4, -0.2) is 16.5 Å². The molecule has 0 unspecified atom stereocenters. The number of carbonyl (C=O) groups excluding carboxylic acids is 2. The molecule has 152 valence electrons. The number of benzene rings is 3. The van der Waals surface area contributed by atoms with E-state index in [2.05, 4.69) is 15.9 Å². The van der Waals surface area contributed by atoms with Gasteiger partial charge in [-0.05, 0) is 52.6 Å². The lowest BCUT2D eigenvalue weighted by atomic mass is 9.80.